The fourth-order valence-electron chi connectivity index (χ4n) is 1.80. The number of nitrogens with zero attached hydrogens (tertiary/aromatic N) is 3. The van der Waals surface area contributed by atoms with E-state index in [9.17, 15) is 9.59 Å². The normalized spacial score (nSPS) is 11.3. The van der Waals surface area contributed by atoms with Crippen molar-refractivity contribution in [2.45, 2.75) is 26.3 Å². The SMILES string of the molecule is Cc1c(C(=O)NC(C)(C)C(N)=O)nnn1-c1cccc(Cl)c1. The molecule has 0 bridgehead atoms. The van der Waals surface area contributed by atoms with Crippen LogP contribution >= 0.6 is 11.6 Å². The van der Waals surface area contributed by atoms with Crippen molar-refractivity contribution in [3.05, 3.63) is 40.7 Å². The van der Waals surface area contributed by atoms with Crippen LogP contribution in [0.4, 0.5) is 0 Å². The van der Waals surface area contributed by atoms with E-state index < -0.39 is 17.4 Å². The van der Waals surface area contributed by atoms with Crippen LogP contribution in [0.25, 0.3) is 5.69 Å². The van der Waals surface area contributed by atoms with Crippen molar-refractivity contribution < 1.29 is 9.59 Å². The molecule has 3 N–H and O–H groups in total. The smallest absolute Gasteiger partial charge is 0.274 e. The van der Waals surface area contributed by atoms with Crippen molar-refractivity contribution >= 4 is 23.4 Å². The van der Waals surface area contributed by atoms with Gasteiger partial charge in [-0.3, -0.25) is 9.59 Å². The number of hydrogen-bond acceptors (Lipinski definition) is 4. The van der Waals surface area contributed by atoms with Crippen LogP contribution in [0.3, 0.4) is 0 Å². The first-order valence-corrected chi connectivity index (χ1v) is 6.91. The molecule has 1 heterocycles. The Morgan fingerprint density at radius 2 is 2.05 bits per heavy atom. The Morgan fingerprint density at radius 3 is 2.64 bits per heavy atom. The van der Waals surface area contributed by atoms with Gasteiger partial charge < -0.3 is 11.1 Å². The summed E-state index contributed by atoms with van der Waals surface area (Å²) in [7, 11) is 0. The molecule has 0 atom stereocenters. The molecule has 1 aromatic heterocycles. The van der Waals surface area contributed by atoms with Gasteiger partial charge in [0, 0.05) is 5.02 Å². The van der Waals surface area contributed by atoms with Gasteiger partial charge in [0.05, 0.1) is 11.4 Å². The van der Waals surface area contributed by atoms with Crippen molar-refractivity contribution in [2.75, 3.05) is 0 Å². The lowest BCUT2D eigenvalue weighted by Crippen LogP contribution is -2.53. The highest BCUT2D eigenvalue weighted by Crippen LogP contribution is 2.17. The molecule has 0 spiro atoms. The molecule has 2 aromatic rings. The number of carbonyl (C=O) groups excluding carboxylic acids is 2. The summed E-state index contributed by atoms with van der Waals surface area (Å²) < 4.78 is 1.50. The summed E-state index contributed by atoms with van der Waals surface area (Å²) in [6, 6.07) is 7.01. The van der Waals surface area contributed by atoms with Crippen LogP contribution in [0.2, 0.25) is 5.02 Å². The molecule has 8 heteroatoms. The molecule has 116 valence electrons. The summed E-state index contributed by atoms with van der Waals surface area (Å²) in [5, 5.41) is 10.9. The molecular formula is C14H16ClN5O2. The maximum absolute atomic E-state index is 12.2. The molecule has 0 aliphatic rings. The molecule has 2 amide bonds. The van der Waals surface area contributed by atoms with Crippen LogP contribution in [0.5, 0.6) is 0 Å². The Kier molecular flexibility index (Phi) is 4.18. The van der Waals surface area contributed by atoms with Crippen molar-refractivity contribution in [2.24, 2.45) is 5.73 Å². The Hall–Kier alpha value is -2.41. The maximum Gasteiger partial charge on any atom is 0.274 e. The maximum atomic E-state index is 12.2. The second-order valence-corrected chi connectivity index (χ2v) is 5.79. The van der Waals surface area contributed by atoms with E-state index >= 15 is 0 Å². The topological polar surface area (TPSA) is 103 Å². The molecule has 0 aliphatic heterocycles. The third kappa shape index (κ3) is 3.09. The molecule has 0 radical (unpaired) electrons. The molecule has 7 nitrogen and oxygen atoms in total. The molecule has 0 aliphatic carbocycles. The van der Waals surface area contributed by atoms with Gasteiger partial charge in [0.1, 0.15) is 5.54 Å². The average molecular weight is 322 g/mol. The van der Waals surface area contributed by atoms with Crippen LogP contribution in [0, 0.1) is 6.92 Å². The van der Waals surface area contributed by atoms with Crippen LogP contribution < -0.4 is 11.1 Å². The van der Waals surface area contributed by atoms with Crippen molar-refractivity contribution in [1.82, 2.24) is 20.3 Å². The second-order valence-electron chi connectivity index (χ2n) is 5.36. The van der Waals surface area contributed by atoms with Crippen LogP contribution in [-0.4, -0.2) is 32.3 Å². The minimum Gasteiger partial charge on any atom is -0.368 e. The first-order valence-electron chi connectivity index (χ1n) is 6.53. The first kappa shape index (κ1) is 16.0. The molecule has 0 saturated heterocycles. The number of benzene rings is 1. The van der Waals surface area contributed by atoms with Gasteiger partial charge in [-0.15, -0.1) is 5.10 Å². The lowest BCUT2D eigenvalue weighted by atomic mass is 10.0. The standard InChI is InChI=1S/C14H16ClN5O2/c1-8-11(12(21)17-14(2,3)13(16)22)18-19-20(8)10-6-4-5-9(15)7-10/h4-7H,1-3H3,(H2,16,22)(H,17,21). The van der Waals surface area contributed by atoms with E-state index in [1.807, 2.05) is 0 Å². The second kappa shape index (κ2) is 5.76. The van der Waals surface area contributed by atoms with Crippen molar-refractivity contribution in [3.8, 4) is 5.69 Å². The average Bonchev–Trinajstić information content (AvgIpc) is 2.80. The van der Waals surface area contributed by atoms with Crippen molar-refractivity contribution in [1.29, 1.82) is 0 Å². The van der Waals surface area contributed by atoms with Crippen LogP contribution in [0.15, 0.2) is 24.3 Å². The number of aromatic nitrogens is 3. The zero-order valence-corrected chi connectivity index (χ0v) is 13.2. The molecule has 22 heavy (non-hydrogen) atoms. The third-order valence-electron chi connectivity index (χ3n) is 3.20. The Balaban J connectivity index is 2.32. The van der Waals surface area contributed by atoms with Crippen LogP contribution in [0.1, 0.15) is 30.0 Å². The fourth-order valence-corrected chi connectivity index (χ4v) is 1.98. The molecule has 2 rings (SSSR count). The summed E-state index contributed by atoms with van der Waals surface area (Å²) in [6.07, 6.45) is 0. The monoisotopic (exact) mass is 321 g/mol. The fraction of sp³-hybridized carbons (Fsp3) is 0.286. The zero-order chi connectivity index (χ0) is 16.5. The van der Waals surface area contributed by atoms with Gasteiger partial charge in [-0.2, -0.15) is 0 Å². The Bertz CT molecular complexity index is 739. The molecule has 0 fully saturated rings. The number of primary amides is 1. The summed E-state index contributed by atoms with van der Waals surface area (Å²) in [6.45, 7) is 4.74. The number of hydrogen-bond donors (Lipinski definition) is 2. The summed E-state index contributed by atoms with van der Waals surface area (Å²) in [4.78, 5) is 23.5. The number of rotatable bonds is 4. The van der Waals surface area contributed by atoms with Crippen LogP contribution in [-0.2, 0) is 4.79 Å². The van der Waals surface area contributed by atoms with Gasteiger partial charge in [-0.05, 0) is 39.0 Å². The van der Waals surface area contributed by atoms with Gasteiger partial charge in [0.25, 0.3) is 5.91 Å². The number of nitrogens with one attached hydrogen (secondary N) is 1. The van der Waals surface area contributed by atoms with Gasteiger partial charge in [-0.1, -0.05) is 22.9 Å². The predicted octanol–water partition coefficient (Wildman–Crippen LogP) is 1.22. The first-order chi connectivity index (χ1) is 10.2. The van der Waals surface area contributed by atoms with Gasteiger partial charge in [-0.25, -0.2) is 4.68 Å². The van der Waals surface area contributed by atoms with E-state index in [-0.39, 0.29) is 5.69 Å². The van der Waals surface area contributed by atoms with Crippen molar-refractivity contribution in [3.63, 3.8) is 0 Å². The summed E-state index contributed by atoms with van der Waals surface area (Å²) in [5.74, 6) is -1.16. The number of carbonyl (C=O) groups is 2. The van der Waals surface area contributed by atoms with E-state index in [2.05, 4.69) is 15.6 Å². The quantitative estimate of drug-likeness (QED) is 0.883. The number of halogens is 1. The van der Waals surface area contributed by atoms with E-state index in [0.717, 1.165) is 0 Å². The highest BCUT2D eigenvalue weighted by Gasteiger charge is 2.29. The minimum absolute atomic E-state index is 0.120. The number of amides is 2. The third-order valence-corrected chi connectivity index (χ3v) is 3.44. The largest absolute Gasteiger partial charge is 0.368 e. The highest BCUT2D eigenvalue weighted by molar-refractivity contribution is 6.30. The molecule has 0 unspecified atom stereocenters. The zero-order valence-electron chi connectivity index (χ0n) is 12.4. The van der Waals surface area contributed by atoms with E-state index in [1.165, 1.54) is 18.5 Å². The van der Waals surface area contributed by atoms with Gasteiger partial charge >= 0.3 is 0 Å². The predicted molar refractivity (Wildman–Crippen MR) is 81.8 cm³/mol. The lowest BCUT2D eigenvalue weighted by molar-refractivity contribution is -0.122. The lowest BCUT2D eigenvalue weighted by Gasteiger charge is -2.21. The Morgan fingerprint density at radius 1 is 1.36 bits per heavy atom. The van der Waals surface area contributed by atoms with E-state index in [0.29, 0.717) is 16.4 Å². The highest BCUT2D eigenvalue weighted by atomic mass is 35.5. The summed E-state index contributed by atoms with van der Waals surface area (Å²) >= 11 is 5.95. The number of nitrogens with two attached hydrogens (primary N) is 1. The van der Waals surface area contributed by atoms with E-state index in [1.54, 1.807) is 31.2 Å². The summed E-state index contributed by atoms with van der Waals surface area (Å²) in [5.41, 5.74) is 5.39. The molecular weight excluding hydrogens is 306 g/mol. The minimum atomic E-state index is -1.18. The Labute approximate surface area is 132 Å². The van der Waals surface area contributed by atoms with Gasteiger partial charge in [0.2, 0.25) is 5.91 Å². The van der Waals surface area contributed by atoms with E-state index in [4.69, 9.17) is 17.3 Å². The molecule has 0 saturated carbocycles. The molecule has 1 aromatic carbocycles. The van der Waals surface area contributed by atoms with Gasteiger partial charge in [0.15, 0.2) is 5.69 Å².